The minimum absolute atomic E-state index is 0.221. The zero-order chi connectivity index (χ0) is 14.1. The molecule has 3 atom stereocenters. The van der Waals surface area contributed by atoms with Gasteiger partial charge in [-0.2, -0.15) is 0 Å². The van der Waals surface area contributed by atoms with E-state index in [1.807, 2.05) is 0 Å². The molecular formula is C17H23NO2. The van der Waals surface area contributed by atoms with E-state index < -0.39 is 5.97 Å². The van der Waals surface area contributed by atoms with E-state index in [0.717, 1.165) is 25.8 Å². The molecule has 108 valence electrons. The number of fused-ring (bicyclic) bond motifs is 1. The van der Waals surface area contributed by atoms with Crippen molar-refractivity contribution >= 4 is 5.97 Å². The molecule has 0 aromatic heterocycles. The van der Waals surface area contributed by atoms with Gasteiger partial charge in [0.15, 0.2) is 0 Å². The number of hydrogen-bond donors (Lipinski definition) is 1. The second kappa shape index (κ2) is 5.57. The lowest BCUT2D eigenvalue weighted by Gasteiger charge is -2.38. The van der Waals surface area contributed by atoms with Crippen LogP contribution in [0, 0.1) is 0 Å². The van der Waals surface area contributed by atoms with Crippen molar-refractivity contribution in [3.05, 3.63) is 35.4 Å². The summed E-state index contributed by atoms with van der Waals surface area (Å²) >= 11 is 0. The van der Waals surface area contributed by atoms with Gasteiger partial charge in [0.05, 0.1) is 6.42 Å². The molecule has 1 aliphatic carbocycles. The van der Waals surface area contributed by atoms with Crippen LogP contribution in [-0.2, 0) is 4.79 Å². The first-order valence-corrected chi connectivity index (χ1v) is 7.73. The Morgan fingerprint density at radius 2 is 2.00 bits per heavy atom. The number of hydrogen-bond acceptors (Lipinski definition) is 2. The van der Waals surface area contributed by atoms with Crippen LogP contribution < -0.4 is 0 Å². The number of nitrogens with zero attached hydrogens (tertiary/aromatic N) is 1. The maximum absolute atomic E-state index is 11.1. The van der Waals surface area contributed by atoms with Crippen molar-refractivity contribution in [3.63, 3.8) is 0 Å². The number of carbonyl (C=O) groups is 1. The fraction of sp³-hybridized carbons (Fsp3) is 0.588. The first-order valence-electron chi connectivity index (χ1n) is 7.73. The molecule has 3 nitrogen and oxygen atoms in total. The highest BCUT2D eigenvalue weighted by Crippen LogP contribution is 2.43. The SMILES string of the molecule is CC1CCC(N2CCCC2CC(=O)O)c2ccccc21. The molecule has 1 heterocycles. The normalized spacial score (nSPS) is 30.1. The van der Waals surface area contributed by atoms with Crippen LogP contribution in [0.3, 0.4) is 0 Å². The van der Waals surface area contributed by atoms with Gasteiger partial charge in [-0.1, -0.05) is 31.2 Å². The van der Waals surface area contributed by atoms with Gasteiger partial charge in [-0.25, -0.2) is 0 Å². The fourth-order valence-corrected chi connectivity index (χ4v) is 4.02. The summed E-state index contributed by atoms with van der Waals surface area (Å²) in [5, 5.41) is 9.10. The lowest BCUT2D eigenvalue weighted by Crippen LogP contribution is -2.37. The summed E-state index contributed by atoms with van der Waals surface area (Å²) in [5.41, 5.74) is 2.90. The van der Waals surface area contributed by atoms with Gasteiger partial charge in [0.25, 0.3) is 0 Å². The van der Waals surface area contributed by atoms with Crippen LogP contribution in [-0.4, -0.2) is 28.6 Å². The summed E-state index contributed by atoms with van der Waals surface area (Å²) in [4.78, 5) is 13.5. The highest BCUT2D eigenvalue weighted by molar-refractivity contribution is 5.67. The summed E-state index contributed by atoms with van der Waals surface area (Å²) in [6.45, 7) is 3.35. The maximum Gasteiger partial charge on any atom is 0.304 e. The van der Waals surface area contributed by atoms with E-state index in [2.05, 4.69) is 36.1 Å². The molecule has 1 saturated heterocycles. The fourth-order valence-electron chi connectivity index (χ4n) is 4.02. The molecule has 3 unspecified atom stereocenters. The molecule has 3 heteroatoms. The molecular weight excluding hydrogens is 250 g/mol. The molecule has 1 aliphatic heterocycles. The van der Waals surface area contributed by atoms with Crippen LogP contribution in [0.25, 0.3) is 0 Å². The Bertz CT molecular complexity index is 500. The molecule has 3 rings (SSSR count). The van der Waals surface area contributed by atoms with Crippen molar-refractivity contribution in [3.8, 4) is 0 Å². The van der Waals surface area contributed by atoms with E-state index in [1.54, 1.807) is 0 Å². The lowest BCUT2D eigenvalue weighted by atomic mass is 9.80. The van der Waals surface area contributed by atoms with E-state index in [1.165, 1.54) is 17.5 Å². The van der Waals surface area contributed by atoms with Crippen LogP contribution in [0.4, 0.5) is 0 Å². The van der Waals surface area contributed by atoms with Crippen LogP contribution in [0.1, 0.15) is 62.1 Å². The Balaban J connectivity index is 1.87. The van der Waals surface area contributed by atoms with Gasteiger partial charge in [0.2, 0.25) is 0 Å². The number of rotatable bonds is 3. The Kier molecular flexibility index (Phi) is 3.79. The molecule has 0 bridgehead atoms. The quantitative estimate of drug-likeness (QED) is 0.915. The van der Waals surface area contributed by atoms with Gasteiger partial charge >= 0.3 is 5.97 Å². The van der Waals surface area contributed by atoms with Gasteiger partial charge in [-0.05, 0) is 49.3 Å². The molecule has 2 aliphatic rings. The van der Waals surface area contributed by atoms with Crippen LogP contribution >= 0.6 is 0 Å². The standard InChI is InChI=1S/C17H23NO2/c1-12-8-9-16(15-7-3-2-6-14(12)15)18-10-4-5-13(18)11-17(19)20/h2-3,6-7,12-13,16H,4-5,8-11H2,1H3,(H,19,20). The molecule has 1 aromatic carbocycles. The summed E-state index contributed by atoms with van der Waals surface area (Å²) in [5.74, 6) is -0.0395. The largest absolute Gasteiger partial charge is 0.481 e. The molecule has 0 radical (unpaired) electrons. The Morgan fingerprint density at radius 3 is 2.75 bits per heavy atom. The predicted octanol–water partition coefficient (Wildman–Crippen LogP) is 3.56. The summed E-state index contributed by atoms with van der Waals surface area (Å²) < 4.78 is 0. The monoisotopic (exact) mass is 273 g/mol. The van der Waals surface area contributed by atoms with E-state index >= 15 is 0 Å². The third kappa shape index (κ3) is 2.47. The number of likely N-dealkylation sites (tertiary alicyclic amines) is 1. The highest BCUT2D eigenvalue weighted by Gasteiger charge is 2.36. The third-order valence-corrected chi connectivity index (χ3v) is 4.99. The van der Waals surface area contributed by atoms with E-state index in [9.17, 15) is 4.79 Å². The van der Waals surface area contributed by atoms with Crippen molar-refractivity contribution in [2.45, 2.75) is 57.0 Å². The smallest absolute Gasteiger partial charge is 0.304 e. The van der Waals surface area contributed by atoms with Crippen molar-refractivity contribution in [2.24, 2.45) is 0 Å². The van der Waals surface area contributed by atoms with Crippen LogP contribution in [0.5, 0.6) is 0 Å². The zero-order valence-electron chi connectivity index (χ0n) is 12.1. The molecule has 0 amide bonds. The van der Waals surface area contributed by atoms with Gasteiger partial charge in [0, 0.05) is 12.1 Å². The number of benzene rings is 1. The topological polar surface area (TPSA) is 40.5 Å². The molecule has 1 N–H and O–H groups in total. The van der Waals surface area contributed by atoms with E-state index in [-0.39, 0.29) is 12.5 Å². The molecule has 20 heavy (non-hydrogen) atoms. The van der Waals surface area contributed by atoms with Crippen molar-refractivity contribution in [1.82, 2.24) is 4.90 Å². The van der Waals surface area contributed by atoms with Gasteiger partial charge in [0.1, 0.15) is 0 Å². The predicted molar refractivity (Wildman–Crippen MR) is 78.8 cm³/mol. The molecule has 0 saturated carbocycles. The molecule has 1 aromatic rings. The zero-order valence-corrected chi connectivity index (χ0v) is 12.1. The van der Waals surface area contributed by atoms with Gasteiger partial charge in [-0.3, -0.25) is 9.69 Å². The van der Waals surface area contributed by atoms with Crippen LogP contribution in [0.15, 0.2) is 24.3 Å². The Morgan fingerprint density at radius 1 is 1.25 bits per heavy atom. The first-order chi connectivity index (χ1) is 9.66. The number of carboxylic acids is 1. The minimum atomic E-state index is -0.667. The minimum Gasteiger partial charge on any atom is -0.481 e. The van der Waals surface area contributed by atoms with Crippen molar-refractivity contribution in [2.75, 3.05) is 6.54 Å². The maximum atomic E-state index is 11.1. The average Bonchev–Trinajstić information content (AvgIpc) is 2.87. The van der Waals surface area contributed by atoms with E-state index in [4.69, 9.17) is 5.11 Å². The highest BCUT2D eigenvalue weighted by atomic mass is 16.4. The summed E-state index contributed by atoms with van der Waals surface area (Å²) in [6.07, 6.45) is 4.81. The average molecular weight is 273 g/mol. The molecule has 1 fully saturated rings. The number of aliphatic carboxylic acids is 1. The Labute approximate surface area is 120 Å². The van der Waals surface area contributed by atoms with Gasteiger partial charge in [-0.15, -0.1) is 0 Å². The Hall–Kier alpha value is -1.35. The second-order valence-corrected chi connectivity index (χ2v) is 6.25. The van der Waals surface area contributed by atoms with Crippen LogP contribution in [0.2, 0.25) is 0 Å². The summed E-state index contributed by atoms with van der Waals surface area (Å²) in [7, 11) is 0. The second-order valence-electron chi connectivity index (χ2n) is 6.25. The lowest BCUT2D eigenvalue weighted by molar-refractivity contribution is -0.138. The third-order valence-electron chi connectivity index (χ3n) is 4.99. The van der Waals surface area contributed by atoms with Gasteiger partial charge < -0.3 is 5.11 Å². The summed E-state index contributed by atoms with van der Waals surface area (Å²) in [6, 6.07) is 9.37. The number of carboxylic acid groups (broad SMARTS) is 1. The van der Waals surface area contributed by atoms with E-state index in [0.29, 0.717) is 12.0 Å². The first kappa shape index (κ1) is 13.6. The van der Waals surface area contributed by atoms with Crippen molar-refractivity contribution in [1.29, 1.82) is 0 Å². The molecule has 0 spiro atoms. The van der Waals surface area contributed by atoms with Crippen molar-refractivity contribution < 1.29 is 9.90 Å².